The molecule has 0 aromatic rings. The van der Waals surface area contributed by atoms with Gasteiger partial charge >= 0.3 is 0 Å². The van der Waals surface area contributed by atoms with Crippen LogP contribution in [0, 0.1) is 0 Å². The first-order valence-corrected chi connectivity index (χ1v) is 18.1. The molecule has 1 fully saturated rings. The number of hydrogen-bond acceptors (Lipinski definition) is 2. The summed E-state index contributed by atoms with van der Waals surface area (Å²) in [6, 6.07) is 0. The van der Waals surface area contributed by atoms with E-state index in [0.29, 0.717) is 6.10 Å². The number of aliphatic hydroxyl groups is 1. The zero-order valence-electron chi connectivity index (χ0n) is 26.3. The molecule has 0 aromatic carbocycles. The molecule has 0 saturated carbocycles. The lowest BCUT2D eigenvalue weighted by Crippen LogP contribution is -2.05. The maximum Gasteiger partial charge on any atom is 0.0810 e. The quantitative estimate of drug-likeness (QED) is 0.0668. The lowest BCUT2D eigenvalue weighted by atomic mass is 10.0. The van der Waals surface area contributed by atoms with Crippen molar-refractivity contribution in [2.45, 2.75) is 225 Å². The van der Waals surface area contributed by atoms with Crippen molar-refractivity contribution in [3.8, 4) is 0 Å². The van der Waals surface area contributed by atoms with Crippen molar-refractivity contribution in [3.05, 3.63) is 0 Å². The van der Waals surface area contributed by atoms with Crippen molar-refractivity contribution in [2.75, 3.05) is 6.61 Å². The Morgan fingerprint density at radius 3 is 1.00 bits per heavy atom. The SMILES string of the molecule is CCCCCCCCCCCCCCCCC(O)CCCCCCCCCCCCCCCCCC1CO1. The maximum absolute atomic E-state index is 10.3. The van der Waals surface area contributed by atoms with Crippen LogP contribution in [0.15, 0.2) is 0 Å². The highest BCUT2D eigenvalue weighted by molar-refractivity contribution is 4.68. The number of unbranched alkanes of at least 4 members (excludes halogenated alkanes) is 27. The van der Waals surface area contributed by atoms with Crippen molar-refractivity contribution in [1.29, 1.82) is 0 Å². The van der Waals surface area contributed by atoms with Crippen LogP contribution in [0.2, 0.25) is 0 Å². The molecular formula is C36H72O2. The first-order chi connectivity index (χ1) is 18.8. The van der Waals surface area contributed by atoms with E-state index in [2.05, 4.69) is 6.92 Å². The molecule has 0 aromatic heterocycles. The molecular weight excluding hydrogens is 464 g/mol. The predicted molar refractivity (Wildman–Crippen MR) is 169 cm³/mol. The number of epoxide rings is 1. The third-order valence-corrected chi connectivity index (χ3v) is 8.86. The minimum atomic E-state index is -0.0373. The Bertz CT molecular complexity index is 433. The second-order valence-corrected chi connectivity index (χ2v) is 12.9. The van der Waals surface area contributed by atoms with Gasteiger partial charge in [0.2, 0.25) is 0 Å². The molecule has 0 spiro atoms. The van der Waals surface area contributed by atoms with Crippen molar-refractivity contribution >= 4 is 0 Å². The number of hydrogen-bond donors (Lipinski definition) is 1. The first kappa shape index (κ1) is 35.9. The normalized spacial score (nSPS) is 15.8. The zero-order chi connectivity index (χ0) is 27.2. The van der Waals surface area contributed by atoms with Crippen LogP contribution in [-0.2, 0) is 4.74 Å². The molecule has 1 aliphatic rings. The van der Waals surface area contributed by atoms with Gasteiger partial charge in [-0.1, -0.05) is 193 Å². The largest absolute Gasteiger partial charge is 0.393 e. The number of ether oxygens (including phenoxy) is 1. The van der Waals surface area contributed by atoms with Crippen LogP contribution in [0.4, 0.5) is 0 Å². The Hall–Kier alpha value is -0.0800. The van der Waals surface area contributed by atoms with Gasteiger partial charge in [0.05, 0.1) is 18.8 Å². The summed E-state index contributed by atoms with van der Waals surface area (Å²) in [5.41, 5.74) is 0. The highest BCUT2D eigenvalue weighted by Gasteiger charge is 2.20. The minimum absolute atomic E-state index is 0.0373. The number of rotatable bonds is 33. The van der Waals surface area contributed by atoms with E-state index in [0.717, 1.165) is 19.4 Å². The smallest absolute Gasteiger partial charge is 0.0810 e. The molecule has 0 amide bonds. The third kappa shape index (κ3) is 28.9. The van der Waals surface area contributed by atoms with Gasteiger partial charge in [-0.3, -0.25) is 0 Å². The van der Waals surface area contributed by atoms with Crippen molar-refractivity contribution in [1.82, 2.24) is 0 Å². The summed E-state index contributed by atoms with van der Waals surface area (Å²) in [6.07, 6.45) is 44.8. The van der Waals surface area contributed by atoms with Crippen LogP contribution in [-0.4, -0.2) is 23.9 Å². The van der Waals surface area contributed by atoms with Crippen molar-refractivity contribution < 1.29 is 9.84 Å². The summed E-state index contributed by atoms with van der Waals surface area (Å²) in [4.78, 5) is 0. The van der Waals surface area contributed by atoms with Gasteiger partial charge in [-0.15, -0.1) is 0 Å². The molecule has 2 atom stereocenters. The zero-order valence-corrected chi connectivity index (χ0v) is 26.3. The van der Waals surface area contributed by atoms with Gasteiger partial charge in [-0.2, -0.15) is 0 Å². The topological polar surface area (TPSA) is 32.8 Å². The van der Waals surface area contributed by atoms with Crippen LogP contribution in [0.1, 0.15) is 212 Å². The molecule has 38 heavy (non-hydrogen) atoms. The molecule has 2 nitrogen and oxygen atoms in total. The van der Waals surface area contributed by atoms with Crippen molar-refractivity contribution in [3.63, 3.8) is 0 Å². The van der Waals surface area contributed by atoms with Crippen molar-refractivity contribution in [2.24, 2.45) is 0 Å². The molecule has 1 N–H and O–H groups in total. The van der Waals surface area contributed by atoms with Gasteiger partial charge in [0.25, 0.3) is 0 Å². The van der Waals surface area contributed by atoms with E-state index in [-0.39, 0.29) is 6.10 Å². The van der Waals surface area contributed by atoms with Gasteiger partial charge in [0, 0.05) is 0 Å². The summed E-state index contributed by atoms with van der Waals surface area (Å²) < 4.78 is 5.27. The van der Waals surface area contributed by atoms with Crippen LogP contribution < -0.4 is 0 Å². The van der Waals surface area contributed by atoms with Gasteiger partial charge in [-0.25, -0.2) is 0 Å². The van der Waals surface area contributed by atoms with E-state index < -0.39 is 0 Å². The average molecular weight is 537 g/mol. The minimum Gasteiger partial charge on any atom is -0.393 e. The Morgan fingerprint density at radius 1 is 0.447 bits per heavy atom. The van der Waals surface area contributed by atoms with Crippen LogP contribution in [0.5, 0.6) is 0 Å². The molecule has 1 saturated heterocycles. The van der Waals surface area contributed by atoms with E-state index in [4.69, 9.17) is 4.74 Å². The Morgan fingerprint density at radius 2 is 0.711 bits per heavy atom. The fourth-order valence-electron chi connectivity index (χ4n) is 6.00. The Labute approximate surface area is 240 Å². The lowest BCUT2D eigenvalue weighted by Gasteiger charge is -2.10. The van der Waals surface area contributed by atoms with Crippen LogP contribution in [0.25, 0.3) is 0 Å². The summed E-state index contributed by atoms with van der Waals surface area (Å²) in [6.45, 7) is 3.33. The standard InChI is InChI=1S/C36H72O2/c1-2-3-4-5-6-7-8-9-13-16-19-22-25-28-31-35(37)32-29-26-23-20-17-14-11-10-12-15-18-21-24-27-30-33-36-34-38-36/h35-37H,2-34H2,1H3. The second-order valence-electron chi connectivity index (χ2n) is 12.9. The summed E-state index contributed by atoms with van der Waals surface area (Å²) >= 11 is 0. The molecule has 0 bridgehead atoms. The lowest BCUT2D eigenvalue weighted by molar-refractivity contribution is 0.147. The Kier molecular flexibility index (Phi) is 28.3. The molecule has 0 radical (unpaired) electrons. The third-order valence-electron chi connectivity index (χ3n) is 8.86. The molecule has 2 unspecified atom stereocenters. The van der Waals surface area contributed by atoms with Gasteiger partial charge in [-0.05, 0) is 19.3 Å². The van der Waals surface area contributed by atoms with E-state index in [1.165, 1.54) is 193 Å². The van der Waals surface area contributed by atoms with Crippen LogP contribution in [0.3, 0.4) is 0 Å². The average Bonchev–Trinajstić information content (AvgIpc) is 3.75. The van der Waals surface area contributed by atoms with E-state index in [1.807, 2.05) is 0 Å². The maximum atomic E-state index is 10.3. The monoisotopic (exact) mass is 537 g/mol. The number of aliphatic hydroxyl groups excluding tert-OH is 1. The van der Waals surface area contributed by atoms with Crippen LogP contribution >= 0.6 is 0 Å². The molecule has 1 rings (SSSR count). The highest BCUT2D eigenvalue weighted by atomic mass is 16.6. The molecule has 2 heteroatoms. The molecule has 228 valence electrons. The van der Waals surface area contributed by atoms with E-state index in [1.54, 1.807) is 0 Å². The summed E-state index contributed by atoms with van der Waals surface area (Å²) in [5, 5.41) is 10.3. The van der Waals surface area contributed by atoms with E-state index >= 15 is 0 Å². The first-order valence-electron chi connectivity index (χ1n) is 18.1. The molecule has 0 aliphatic carbocycles. The van der Waals surface area contributed by atoms with E-state index in [9.17, 15) is 5.11 Å². The summed E-state index contributed by atoms with van der Waals surface area (Å²) in [7, 11) is 0. The fourth-order valence-corrected chi connectivity index (χ4v) is 6.00. The Balaban J connectivity index is 1.64. The highest BCUT2D eigenvalue weighted by Crippen LogP contribution is 2.19. The predicted octanol–water partition coefficient (Wildman–Crippen LogP) is 12.2. The fraction of sp³-hybridized carbons (Fsp3) is 1.00. The molecule has 1 aliphatic heterocycles. The second kappa shape index (κ2) is 29.9. The van der Waals surface area contributed by atoms with Gasteiger partial charge < -0.3 is 9.84 Å². The molecule has 1 heterocycles. The van der Waals surface area contributed by atoms with Gasteiger partial charge in [0.1, 0.15) is 0 Å². The van der Waals surface area contributed by atoms with Gasteiger partial charge in [0.15, 0.2) is 0 Å². The summed E-state index contributed by atoms with van der Waals surface area (Å²) in [5.74, 6) is 0.